The number of aromatic nitrogens is 2. The zero-order valence-corrected chi connectivity index (χ0v) is 21.5. The predicted molar refractivity (Wildman–Crippen MR) is 119 cm³/mol. The molecule has 7 nitrogen and oxygen atoms in total. The second-order valence-corrected chi connectivity index (χ2v) is 9.07. The molecule has 0 N–H and O–H groups in total. The lowest BCUT2D eigenvalue weighted by Gasteiger charge is -2.10. The molecule has 2 rings (SSSR count). The number of halogens is 4. The van der Waals surface area contributed by atoms with E-state index in [1.807, 2.05) is 0 Å². The fraction of sp³-hybridized carbons (Fsp3) is 0.471. The van der Waals surface area contributed by atoms with Gasteiger partial charge in [-0.05, 0) is 76.6 Å². The Bertz CT molecular complexity index is 893. The summed E-state index contributed by atoms with van der Waals surface area (Å²) in [5.41, 5.74) is 1.20. The van der Waals surface area contributed by atoms with E-state index < -0.39 is 0 Å². The van der Waals surface area contributed by atoms with Gasteiger partial charge in [0.15, 0.2) is 0 Å². The van der Waals surface area contributed by atoms with Gasteiger partial charge in [-0.15, -0.1) is 0 Å². The Hall–Kier alpha value is -0.650. The van der Waals surface area contributed by atoms with Crippen molar-refractivity contribution >= 4 is 86.7 Å². The summed E-state index contributed by atoms with van der Waals surface area (Å²) in [6, 6.07) is 0. The van der Waals surface area contributed by atoms with Gasteiger partial charge >= 0.3 is 17.6 Å². The van der Waals surface area contributed by atoms with Crippen molar-refractivity contribution in [3.63, 3.8) is 0 Å². The first-order chi connectivity index (χ1) is 13.2. The van der Waals surface area contributed by atoms with Crippen molar-refractivity contribution in [2.75, 3.05) is 14.2 Å². The first-order valence-electron chi connectivity index (χ1n) is 8.33. The smallest absolute Gasteiger partial charge is 0.329 e. The number of nitrogens with zero attached hydrogens (tertiary/aromatic N) is 2. The number of fused-ring (bicyclic) bond motifs is 1. The van der Waals surface area contributed by atoms with Gasteiger partial charge in [0, 0.05) is 34.9 Å². The zero-order chi connectivity index (χ0) is 21.0. The van der Waals surface area contributed by atoms with Crippen molar-refractivity contribution in [2.24, 2.45) is 0 Å². The SMILES string of the molecule is COC(=O)CCCn1c(=O)n(CCCC(=O)OC)c2c(Br)c(Br)c(Br)c(Br)c21. The van der Waals surface area contributed by atoms with Crippen LogP contribution < -0.4 is 5.69 Å². The Kier molecular flexibility index (Phi) is 8.78. The van der Waals surface area contributed by atoms with Crippen molar-refractivity contribution in [3.05, 3.63) is 28.4 Å². The second kappa shape index (κ2) is 10.4. The van der Waals surface area contributed by atoms with Crippen molar-refractivity contribution < 1.29 is 19.1 Å². The Morgan fingerprint density at radius 3 is 1.43 bits per heavy atom. The van der Waals surface area contributed by atoms with Crippen LogP contribution in [0.2, 0.25) is 0 Å². The molecule has 0 aliphatic carbocycles. The van der Waals surface area contributed by atoms with Crippen LogP contribution in [0.15, 0.2) is 22.7 Å². The number of carbonyl (C=O) groups excluding carboxylic acids is 2. The molecule has 0 bridgehead atoms. The van der Waals surface area contributed by atoms with Gasteiger partial charge in [-0.2, -0.15) is 0 Å². The quantitative estimate of drug-likeness (QED) is 0.234. The van der Waals surface area contributed by atoms with Crippen LogP contribution >= 0.6 is 63.7 Å². The van der Waals surface area contributed by atoms with Crippen LogP contribution in [-0.2, 0) is 32.2 Å². The van der Waals surface area contributed by atoms with Gasteiger partial charge in [0.2, 0.25) is 0 Å². The molecule has 28 heavy (non-hydrogen) atoms. The Balaban J connectivity index is 2.52. The summed E-state index contributed by atoms with van der Waals surface area (Å²) in [5, 5.41) is 0. The number of hydrogen-bond donors (Lipinski definition) is 0. The van der Waals surface area contributed by atoms with Crippen molar-refractivity contribution in [3.8, 4) is 0 Å². The Morgan fingerprint density at radius 2 is 1.11 bits per heavy atom. The number of aryl methyl sites for hydroxylation is 2. The van der Waals surface area contributed by atoms with E-state index in [1.54, 1.807) is 9.13 Å². The fourth-order valence-electron chi connectivity index (χ4n) is 2.82. The number of ether oxygens (including phenoxy) is 2. The summed E-state index contributed by atoms with van der Waals surface area (Å²) in [5.74, 6) is -0.641. The molecule has 0 fully saturated rings. The lowest BCUT2D eigenvalue weighted by Crippen LogP contribution is -2.25. The van der Waals surface area contributed by atoms with Gasteiger partial charge in [-0.3, -0.25) is 18.7 Å². The highest BCUT2D eigenvalue weighted by Crippen LogP contribution is 2.43. The third-order valence-corrected chi connectivity index (χ3v) is 8.93. The van der Waals surface area contributed by atoms with Gasteiger partial charge in [-0.25, -0.2) is 4.79 Å². The highest BCUT2D eigenvalue weighted by molar-refractivity contribution is 9.15. The lowest BCUT2D eigenvalue weighted by molar-refractivity contribution is -0.141. The Morgan fingerprint density at radius 1 is 0.750 bits per heavy atom. The summed E-state index contributed by atoms with van der Waals surface area (Å²) >= 11 is 14.2. The maximum atomic E-state index is 13.1. The lowest BCUT2D eigenvalue weighted by atomic mass is 10.2. The van der Waals surface area contributed by atoms with Crippen LogP contribution in [-0.4, -0.2) is 35.3 Å². The summed E-state index contributed by atoms with van der Waals surface area (Å²) in [6.07, 6.45) is 1.36. The number of carbonyl (C=O) groups is 2. The molecule has 2 aromatic rings. The van der Waals surface area contributed by atoms with Crippen LogP contribution in [0.4, 0.5) is 0 Å². The van der Waals surface area contributed by atoms with E-state index in [0.29, 0.717) is 37.0 Å². The second-order valence-electron chi connectivity index (χ2n) is 5.90. The molecule has 0 atom stereocenters. The molecule has 0 aliphatic rings. The normalized spacial score (nSPS) is 11.1. The highest BCUT2D eigenvalue weighted by atomic mass is 79.9. The summed E-state index contributed by atoms with van der Waals surface area (Å²) in [4.78, 5) is 36.0. The third kappa shape index (κ3) is 4.91. The number of benzene rings is 1. The molecule has 0 spiro atoms. The molecule has 0 saturated carbocycles. The average molecular weight is 650 g/mol. The van der Waals surface area contributed by atoms with Crippen LogP contribution in [0.5, 0.6) is 0 Å². The molecule has 1 heterocycles. The predicted octanol–water partition coefficient (Wildman–Crippen LogP) is 4.76. The van der Waals surface area contributed by atoms with Gasteiger partial charge < -0.3 is 9.47 Å². The average Bonchev–Trinajstić information content (AvgIpc) is 2.96. The first kappa shape index (κ1) is 23.6. The fourth-order valence-corrected chi connectivity index (χ4v) is 5.32. The standard InChI is InChI=1S/C17H18Br4N2O5/c1-27-9(24)5-3-7-22-15-13(20)11(18)12(19)14(21)16(15)23(17(22)26)8-4-6-10(25)28-2/h3-8H2,1-2H3. The number of esters is 2. The summed E-state index contributed by atoms with van der Waals surface area (Å²) in [6.45, 7) is 0.709. The summed E-state index contributed by atoms with van der Waals surface area (Å²) < 4.78 is 15.6. The minimum absolute atomic E-state index is 0.212. The van der Waals surface area contributed by atoms with Gasteiger partial charge in [-0.1, -0.05) is 0 Å². The van der Waals surface area contributed by atoms with Gasteiger partial charge in [0.1, 0.15) is 0 Å². The van der Waals surface area contributed by atoms with E-state index in [0.717, 1.165) is 17.9 Å². The molecular formula is C17H18Br4N2O5. The summed E-state index contributed by atoms with van der Waals surface area (Å²) in [7, 11) is 2.67. The van der Waals surface area contributed by atoms with Crippen LogP contribution in [0.25, 0.3) is 11.0 Å². The van der Waals surface area contributed by atoms with Crippen molar-refractivity contribution in [1.82, 2.24) is 9.13 Å². The molecule has 1 aromatic carbocycles. The monoisotopic (exact) mass is 646 g/mol. The van der Waals surface area contributed by atoms with Gasteiger partial charge in [0.05, 0.1) is 34.2 Å². The van der Waals surface area contributed by atoms with Crippen LogP contribution in [0.1, 0.15) is 25.7 Å². The number of imidazole rings is 1. The minimum atomic E-state index is -0.320. The Labute approximate surface area is 195 Å². The molecule has 1 aromatic heterocycles. The molecule has 11 heteroatoms. The highest BCUT2D eigenvalue weighted by Gasteiger charge is 2.23. The number of rotatable bonds is 8. The van der Waals surface area contributed by atoms with E-state index >= 15 is 0 Å². The van der Waals surface area contributed by atoms with E-state index in [-0.39, 0.29) is 30.5 Å². The van der Waals surface area contributed by atoms with Crippen molar-refractivity contribution in [1.29, 1.82) is 0 Å². The van der Waals surface area contributed by atoms with E-state index in [1.165, 1.54) is 14.2 Å². The van der Waals surface area contributed by atoms with E-state index in [4.69, 9.17) is 0 Å². The maximum absolute atomic E-state index is 13.1. The van der Waals surface area contributed by atoms with E-state index in [2.05, 4.69) is 73.2 Å². The van der Waals surface area contributed by atoms with Gasteiger partial charge in [0.25, 0.3) is 0 Å². The van der Waals surface area contributed by atoms with Crippen LogP contribution in [0, 0.1) is 0 Å². The molecule has 0 amide bonds. The first-order valence-corrected chi connectivity index (χ1v) is 11.5. The minimum Gasteiger partial charge on any atom is -0.469 e. The van der Waals surface area contributed by atoms with Crippen LogP contribution in [0.3, 0.4) is 0 Å². The molecule has 0 radical (unpaired) electrons. The number of hydrogen-bond acceptors (Lipinski definition) is 5. The maximum Gasteiger partial charge on any atom is 0.329 e. The topological polar surface area (TPSA) is 79.5 Å². The zero-order valence-electron chi connectivity index (χ0n) is 15.2. The van der Waals surface area contributed by atoms with E-state index in [9.17, 15) is 14.4 Å². The van der Waals surface area contributed by atoms with Crippen molar-refractivity contribution in [2.45, 2.75) is 38.8 Å². The third-order valence-electron chi connectivity index (χ3n) is 4.20. The molecule has 0 aliphatic heterocycles. The molecule has 0 unspecified atom stereocenters. The number of methoxy groups -OCH3 is 2. The largest absolute Gasteiger partial charge is 0.469 e. The molecule has 0 saturated heterocycles. The molecule has 154 valence electrons. The molecular weight excluding hydrogens is 632 g/mol.